The van der Waals surface area contributed by atoms with Crippen LogP contribution in [0.1, 0.15) is 0 Å². The lowest BCUT2D eigenvalue weighted by atomic mass is 9.94. The van der Waals surface area contributed by atoms with E-state index in [0.717, 1.165) is 33.2 Å². The zero-order valence-electron chi connectivity index (χ0n) is 12.5. The van der Waals surface area contributed by atoms with E-state index >= 15 is 0 Å². The van der Waals surface area contributed by atoms with Crippen LogP contribution in [0.15, 0.2) is 66.7 Å². The van der Waals surface area contributed by atoms with Crippen molar-refractivity contribution in [1.29, 1.82) is 0 Å². The van der Waals surface area contributed by atoms with Gasteiger partial charge in [-0.25, -0.2) is 0 Å². The van der Waals surface area contributed by atoms with E-state index in [9.17, 15) is 8.42 Å². The van der Waals surface area contributed by atoms with Crippen LogP contribution in [0.4, 0.5) is 0 Å². The summed E-state index contributed by atoms with van der Waals surface area (Å²) in [6.45, 7) is 0. The second-order valence-electron chi connectivity index (χ2n) is 5.59. The maximum atomic E-state index is 11.4. The molecule has 4 aromatic carbocycles. The molecule has 3 nitrogen and oxygen atoms in total. The first-order chi connectivity index (χ1) is 11.0. The minimum atomic E-state index is -3.54. The second kappa shape index (κ2) is 4.96. The van der Waals surface area contributed by atoms with Crippen molar-refractivity contribution in [2.45, 2.75) is 0 Å². The van der Waals surface area contributed by atoms with Crippen LogP contribution in [0.5, 0.6) is 5.75 Å². The molecule has 0 atom stereocenters. The van der Waals surface area contributed by atoms with E-state index < -0.39 is 10.1 Å². The molecule has 23 heavy (non-hydrogen) atoms. The average molecular weight is 322 g/mol. The number of benzene rings is 4. The van der Waals surface area contributed by atoms with Crippen LogP contribution in [0, 0.1) is 0 Å². The van der Waals surface area contributed by atoms with Gasteiger partial charge in [0, 0.05) is 0 Å². The Kier molecular flexibility index (Phi) is 3.03. The van der Waals surface area contributed by atoms with Crippen molar-refractivity contribution in [3.05, 3.63) is 66.7 Å². The standard InChI is InChI=1S/C19H14O3S/c1-23(20,21)22-13-10-11-18-16-8-3-2-6-14(16)15-7-4-5-9-17(15)19(18)12-13/h2-12H,1H3. The predicted molar refractivity (Wildman–Crippen MR) is 94.4 cm³/mol. The van der Waals surface area contributed by atoms with Crippen LogP contribution < -0.4 is 4.18 Å². The van der Waals surface area contributed by atoms with E-state index in [-0.39, 0.29) is 0 Å². The maximum absolute atomic E-state index is 11.4. The Balaban J connectivity index is 2.17. The van der Waals surface area contributed by atoms with E-state index in [1.807, 2.05) is 36.4 Å². The maximum Gasteiger partial charge on any atom is 0.306 e. The van der Waals surface area contributed by atoms with Crippen LogP contribution in [0.3, 0.4) is 0 Å². The van der Waals surface area contributed by atoms with E-state index in [4.69, 9.17) is 4.18 Å². The SMILES string of the molecule is CS(=O)(=O)Oc1ccc2c3ccccc3c3ccccc3c2c1. The van der Waals surface area contributed by atoms with Gasteiger partial charge in [-0.05, 0) is 50.5 Å². The normalized spacial score (nSPS) is 12.0. The average Bonchev–Trinajstić information content (AvgIpc) is 2.53. The van der Waals surface area contributed by atoms with Crippen LogP contribution in [0.2, 0.25) is 0 Å². The lowest BCUT2D eigenvalue weighted by Gasteiger charge is -2.11. The third kappa shape index (κ3) is 2.41. The first-order valence-electron chi connectivity index (χ1n) is 7.26. The Hall–Kier alpha value is -2.59. The van der Waals surface area contributed by atoms with Gasteiger partial charge in [-0.1, -0.05) is 48.5 Å². The summed E-state index contributed by atoms with van der Waals surface area (Å²) in [5, 5.41) is 6.63. The lowest BCUT2D eigenvalue weighted by molar-refractivity contribution is 0.493. The van der Waals surface area contributed by atoms with E-state index in [0.29, 0.717) is 5.75 Å². The van der Waals surface area contributed by atoms with Crippen LogP contribution in [-0.2, 0) is 10.1 Å². The highest BCUT2D eigenvalue weighted by atomic mass is 32.2. The van der Waals surface area contributed by atoms with Gasteiger partial charge in [-0.3, -0.25) is 0 Å². The third-order valence-electron chi connectivity index (χ3n) is 3.96. The summed E-state index contributed by atoms with van der Waals surface area (Å²) in [6.07, 6.45) is 1.05. The van der Waals surface area contributed by atoms with Gasteiger partial charge in [0.05, 0.1) is 6.26 Å². The van der Waals surface area contributed by atoms with Crippen molar-refractivity contribution in [1.82, 2.24) is 0 Å². The molecule has 0 fully saturated rings. The summed E-state index contributed by atoms with van der Waals surface area (Å²) in [4.78, 5) is 0. The van der Waals surface area contributed by atoms with E-state index in [1.165, 1.54) is 5.39 Å². The molecule has 0 unspecified atom stereocenters. The monoisotopic (exact) mass is 322 g/mol. The molecule has 0 bridgehead atoms. The molecule has 0 heterocycles. The molecule has 0 amide bonds. The van der Waals surface area contributed by atoms with Crippen molar-refractivity contribution in [3.8, 4) is 5.75 Å². The molecule has 0 radical (unpaired) electrons. The molecule has 0 saturated heterocycles. The number of hydrogen-bond donors (Lipinski definition) is 0. The zero-order valence-corrected chi connectivity index (χ0v) is 13.3. The van der Waals surface area contributed by atoms with Gasteiger partial charge in [0.2, 0.25) is 0 Å². The second-order valence-corrected chi connectivity index (χ2v) is 7.16. The zero-order chi connectivity index (χ0) is 16.0. The summed E-state index contributed by atoms with van der Waals surface area (Å²) in [7, 11) is -3.54. The number of fused-ring (bicyclic) bond motifs is 6. The summed E-state index contributed by atoms with van der Waals surface area (Å²) < 4.78 is 27.8. The van der Waals surface area contributed by atoms with E-state index in [1.54, 1.807) is 12.1 Å². The molecule has 4 rings (SSSR count). The van der Waals surface area contributed by atoms with Gasteiger partial charge in [0.1, 0.15) is 5.75 Å². The van der Waals surface area contributed by atoms with Gasteiger partial charge < -0.3 is 4.18 Å². The van der Waals surface area contributed by atoms with Crippen LogP contribution in [0.25, 0.3) is 32.3 Å². The third-order valence-corrected chi connectivity index (χ3v) is 4.46. The van der Waals surface area contributed by atoms with Crippen LogP contribution >= 0.6 is 0 Å². The Morgan fingerprint density at radius 3 is 1.57 bits per heavy atom. The molecular weight excluding hydrogens is 308 g/mol. The van der Waals surface area contributed by atoms with Gasteiger partial charge in [0.15, 0.2) is 0 Å². The minimum absolute atomic E-state index is 0.334. The molecular formula is C19H14O3S. The fraction of sp³-hybridized carbons (Fsp3) is 0.0526. The molecule has 114 valence electrons. The first kappa shape index (κ1) is 14.0. The number of hydrogen-bond acceptors (Lipinski definition) is 3. The highest BCUT2D eigenvalue weighted by molar-refractivity contribution is 7.86. The van der Waals surface area contributed by atoms with Gasteiger partial charge in [0.25, 0.3) is 0 Å². The van der Waals surface area contributed by atoms with Crippen molar-refractivity contribution < 1.29 is 12.6 Å². The predicted octanol–water partition coefficient (Wildman–Crippen LogP) is 4.48. The topological polar surface area (TPSA) is 43.4 Å². The number of rotatable bonds is 2. The highest BCUT2D eigenvalue weighted by Crippen LogP contribution is 2.36. The Morgan fingerprint density at radius 2 is 1.09 bits per heavy atom. The minimum Gasteiger partial charge on any atom is -0.383 e. The Morgan fingerprint density at radius 1 is 0.652 bits per heavy atom. The smallest absolute Gasteiger partial charge is 0.306 e. The summed E-state index contributed by atoms with van der Waals surface area (Å²) in [5.41, 5.74) is 0. The molecule has 0 N–H and O–H groups in total. The van der Waals surface area contributed by atoms with E-state index in [2.05, 4.69) is 18.2 Å². The van der Waals surface area contributed by atoms with Gasteiger partial charge in [-0.15, -0.1) is 0 Å². The van der Waals surface area contributed by atoms with Crippen LogP contribution in [-0.4, -0.2) is 14.7 Å². The molecule has 0 aromatic heterocycles. The Bertz CT molecular complexity index is 1130. The largest absolute Gasteiger partial charge is 0.383 e. The fourth-order valence-corrected chi connectivity index (χ4v) is 3.57. The molecule has 0 aliphatic rings. The molecule has 0 spiro atoms. The van der Waals surface area contributed by atoms with Gasteiger partial charge in [-0.2, -0.15) is 8.42 Å². The molecule has 0 saturated carbocycles. The van der Waals surface area contributed by atoms with Crippen molar-refractivity contribution >= 4 is 42.4 Å². The van der Waals surface area contributed by atoms with Crippen molar-refractivity contribution in [2.75, 3.05) is 6.26 Å². The summed E-state index contributed by atoms with van der Waals surface area (Å²) >= 11 is 0. The molecule has 0 aliphatic heterocycles. The van der Waals surface area contributed by atoms with Crippen molar-refractivity contribution in [2.24, 2.45) is 0 Å². The fourth-order valence-electron chi connectivity index (χ4n) is 3.11. The van der Waals surface area contributed by atoms with Crippen molar-refractivity contribution in [3.63, 3.8) is 0 Å². The molecule has 0 aliphatic carbocycles. The summed E-state index contributed by atoms with van der Waals surface area (Å²) in [5.74, 6) is 0.334. The first-order valence-corrected chi connectivity index (χ1v) is 9.07. The summed E-state index contributed by atoms with van der Waals surface area (Å²) in [6, 6.07) is 21.8. The highest BCUT2D eigenvalue weighted by Gasteiger charge is 2.10. The quantitative estimate of drug-likeness (QED) is 0.403. The molecule has 4 aromatic rings. The molecule has 4 heteroatoms. The Labute approximate surface area is 134 Å². The van der Waals surface area contributed by atoms with Gasteiger partial charge >= 0.3 is 10.1 Å². The lowest BCUT2D eigenvalue weighted by Crippen LogP contribution is -2.05.